The number of aromatic nitrogens is 4. The van der Waals surface area contributed by atoms with E-state index in [9.17, 15) is 27.6 Å². The molecule has 2 fully saturated rings. The van der Waals surface area contributed by atoms with E-state index in [-0.39, 0.29) is 29.1 Å². The minimum atomic E-state index is -0.824. The first-order valence-electron chi connectivity index (χ1n) is 21.6. The highest BCUT2D eigenvalue weighted by Gasteiger charge is 2.36. The number of carbonyl (C=O) groups excluding carboxylic acids is 1. The zero-order chi connectivity index (χ0) is 47.9. The van der Waals surface area contributed by atoms with Gasteiger partial charge in [-0.15, -0.1) is 0 Å². The zero-order valence-electron chi connectivity index (χ0n) is 37.7. The molecule has 66 heavy (non-hydrogen) atoms. The molecule has 0 atom stereocenters. The van der Waals surface area contributed by atoms with E-state index in [1.807, 2.05) is 20.0 Å². The van der Waals surface area contributed by atoms with Crippen LogP contribution < -0.4 is 27.8 Å². The molecule has 0 aromatic carbocycles. The number of halogens is 4. The Hall–Kier alpha value is -6.78. The summed E-state index contributed by atoms with van der Waals surface area (Å²) in [6, 6.07) is 12.9. The number of amides is 1. The second kappa shape index (κ2) is 23.4. The molecule has 0 aliphatic carbocycles. The van der Waals surface area contributed by atoms with Crippen LogP contribution in [0.5, 0.6) is 0 Å². The maximum absolute atomic E-state index is 14.0. The average Bonchev–Trinajstić information content (AvgIpc) is 3.26. The van der Waals surface area contributed by atoms with Crippen LogP contribution in [0.1, 0.15) is 76.0 Å². The molecule has 350 valence electrons. The Bertz CT molecular complexity index is 2450. The molecule has 6 rings (SSSR count). The molecular weight excluding hydrogens is 853 g/mol. The summed E-state index contributed by atoms with van der Waals surface area (Å²) in [5.41, 5.74) is 20.2. The third-order valence-electron chi connectivity index (χ3n) is 11.5. The van der Waals surface area contributed by atoms with Crippen LogP contribution in [-0.2, 0) is 17.9 Å². The fraction of sp³-hybridized carbons (Fsp3) is 0.404. The van der Waals surface area contributed by atoms with Gasteiger partial charge in [0.25, 0.3) is 5.91 Å². The van der Waals surface area contributed by atoms with E-state index in [1.54, 1.807) is 24.3 Å². The highest BCUT2D eigenvalue weighted by atomic mass is 19.1. The SMILES string of the molecule is C/C(=C/NC1(CC(C)C)CCN(Cc2cccnc2F)CC1)C(N)=Nc1ccnc(F)c1.Cc1cnc(F)c(CN2CCC(CC#N)(N/C=C(/C(N)=O)C(N)=Nc3ccnc(F)c3)CC2)c1. The lowest BCUT2D eigenvalue weighted by atomic mass is 9.80. The van der Waals surface area contributed by atoms with Crippen molar-refractivity contribution in [3.8, 4) is 6.07 Å². The molecule has 0 unspecified atom stereocenters. The molecular formula is C47H58F4N14O. The Balaban J connectivity index is 0.000000248. The summed E-state index contributed by atoms with van der Waals surface area (Å²) in [4.78, 5) is 39.2. The van der Waals surface area contributed by atoms with Crippen LogP contribution in [0.4, 0.5) is 28.9 Å². The van der Waals surface area contributed by atoms with Crippen molar-refractivity contribution < 1.29 is 22.4 Å². The summed E-state index contributed by atoms with van der Waals surface area (Å²) in [5.74, 6) is -2.39. The minimum absolute atomic E-state index is 0.0670. The second-order valence-electron chi connectivity index (χ2n) is 17.2. The number of pyridine rings is 4. The Morgan fingerprint density at radius 1 is 0.788 bits per heavy atom. The topological polar surface area (TPSA) is 226 Å². The first-order valence-corrected chi connectivity index (χ1v) is 21.6. The van der Waals surface area contributed by atoms with Gasteiger partial charge >= 0.3 is 0 Å². The van der Waals surface area contributed by atoms with E-state index in [0.29, 0.717) is 67.6 Å². The second-order valence-corrected chi connectivity index (χ2v) is 17.2. The van der Waals surface area contributed by atoms with Crippen LogP contribution in [-0.4, -0.2) is 84.6 Å². The van der Waals surface area contributed by atoms with Gasteiger partial charge in [-0.3, -0.25) is 14.6 Å². The Kier molecular flexibility index (Phi) is 17.8. The van der Waals surface area contributed by atoms with Gasteiger partial charge in [0.1, 0.15) is 11.7 Å². The highest BCUT2D eigenvalue weighted by molar-refractivity contribution is 6.20. The molecule has 19 heteroatoms. The van der Waals surface area contributed by atoms with Gasteiger partial charge in [0.2, 0.25) is 23.8 Å². The number of primary amides is 1. The van der Waals surface area contributed by atoms with Gasteiger partial charge in [-0.2, -0.15) is 22.8 Å². The molecule has 4 aromatic heterocycles. The summed E-state index contributed by atoms with van der Waals surface area (Å²) >= 11 is 0. The van der Waals surface area contributed by atoms with Crippen LogP contribution >= 0.6 is 0 Å². The number of nitrogens with two attached hydrogens (primary N) is 3. The number of aliphatic imine (C=N–C) groups is 2. The smallest absolute Gasteiger partial charge is 0.253 e. The molecule has 4 aromatic rings. The first-order chi connectivity index (χ1) is 31.5. The number of nitriles is 1. The lowest BCUT2D eigenvalue weighted by Crippen LogP contribution is -2.52. The van der Waals surface area contributed by atoms with Crippen LogP contribution in [0.3, 0.4) is 0 Å². The van der Waals surface area contributed by atoms with Gasteiger partial charge in [0.05, 0.1) is 35.0 Å². The van der Waals surface area contributed by atoms with Gasteiger partial charge in [-0.25, -0.2) is 29.9 Å². The van der Waals surface area contributed by atoms with Crippen molar-refractivity contribution in [2.24, 2.45) is 33.1 Å². The first kappa shape index (κ1) is 50.2. The van der Waals surface area contributed by atoms with Gasteiger partial charge in [0.15, 0.2) is 0 Å². The van der Waals surface area contributed by atoms with E-state index in [2.05, 4.69) is 70.3 Å². The number of likely N-dealkylation sites (tertiary alicyclic amines) is 2. The summed E-state index contributed by atoms with van der Waals surface area (Å²) in [6.45, 7) is 12.1. The number of piperidine rings is 2. The predicted octanol–water partition coefficient (Wildman–Crippen LogP) is 6.28. The van der Waals surface area contributed by atoms with Gasteiger partial charge < -0.3 is 27.8 Å². The number of hydrogen-bond acceptors (Lipinski definition) is 12. The molecule has 0 spiro atoms. The van der Waals surface area contributed by atoms with Gasteiger partial charge in [-0.05, 0) is 81.7 Å². The number of rotatable bonds is 16. The number of aryl methyl sites for hydroxylation is 1. The molecule has 2 saturated heterocycles. The van der Waals surface area contributed by atoms with Crippen molar-refractivity contribution in [3.63, 3.8) is 0 Å². The van der Waals surface area contributed by atoms with Crippen LogP contribution in [0.2, 0.25) is 0 Å². The van der Waals surface area contributed by atoms with Gasteiger partial charge in [-0.1, -0.05) is 19.9 Å². The normalized spacial score (nSPS) is 17.1. The van der Waals surface area contributed by atoms with Crippen LogP contribution in [0, 0.1) is 48.0 Å². The summed E-state index contributed by atoms with van der Waals surface area (Å²) in [7, 11) is 0. The molecule has 2 aliphatic heterocycles. The van der Waals surface area contributed by atoms with E-state index >= 15 is 0 Å². The van der Waals surface area contributed by atoms with Gasteiger partial charge in [0, 0.05) is 111 Å². The quantitative estimate of drug-likeness (QED) is 0.0276. The van der Waals surface area contributed by atoms with Crippen molar-refractivity contribution in [2.75, 3.05) is 26.2 Å². The van der Waals surface area contributed by atoms with Crippen LogP contribution in [0.15, 0.2) is 101 Å². The number of nitrogens with zero attached hydrogens (tertiary/aromatic N) is 9. The summed E-state index contributed by atoms with van der Waals surface area (Å²) in [6.07, 6.45) is 13.0. The van der Waals surface area contributed by atoms with E-state index < -0.39 is 35.2 Å². The van der Waals surface area contributed by atoms with Crippen molar-refractivity contribution in [3.05, 3.63) is 131 Å². The molecule has 0 radical (unpaired) electrons. The molecule has 15 nitrogen and oxygen atoms in total. The molecule has 0 bridgehead atoms. The maximum atomic E-state index is 14.0. The van der Waals surface area contributed by atoms with E-state index in [1.165, 1.54) is 43.1 Å². The van der Waals surface area contributed by atoms with Crippen molar-refractivity contribution in [1.29, 1.82) is 5.26 Å². The predicted molar refractivity (Wildman–Crippen MR) is 246 cm³/mol. The van der Waals surface area contributed by atoms with Crippen molar-refractivity contribution >= 4 is 29.0 Å². The molecule has 2 aliphatic rings. The number of hydrogen-bond donors (Lipinski definition) is 5. The summed E-state index contributed by atoms with van der Waals surface area (Å²) < 4.78 is 54.6. The largest absolute Gasteiger partial charge is 0.385 e. The Morgan fingerprint density at radius 3 is 1.88 bits per heavy atom. The average molecular weight is 911 g/mol. The minimum Gasteiger partial charge on any atom is -0.385 e. The van der Waals surface area contributed by atoms with Crippen LogP contribution in [0.25, 0.3) is 0 Å². The molecule has 0 saturated carbocycles. The van der Waals surface area contributed by atoms with Crippen molar-refractivity contribution in [1.82, 2.24) is 40.4 Å². The third kappa shape index (κ3) is 14.9. The fourth-order valence-corrected chi connectivity index (χ4v) is 7.92. The molecule has 8 N–H and O–H groups in total. The third-order valence-corrected chi connectivity index (χ3v) is 11.5. The fourth-order valence-electron chi connectivity index (χ4n) is 7.92. The number of nitrogens with one attached hydrogen (secondary N) is 2. The zero-order valence-corrected chi connectivity index (χ0v) is 37.7. The Morgan fingerprint density at radius 2 is 1.33 bits per heavy atom. The van der Waals surface area contributed by atoms with E-state index in [0.717, 1.165) is 49.6 Å². The van der Waals surface area contributed by atoms with Crippen molar-refractivity contribution in [2.45, 2.75) is 90.4 Å². The van der Waals surface area contributed by atoms with E-state index in [4.69, 9.17) is 17.2 Å². The molecule has 6 heterocycles. The lowest BCUT2D eigenvalue weighted by Gasteiger charge is -2.43. The Labute approximate surface area is 383 Å². The number of carbonyl (C=O) groups is 1. The summed E-state index contributed by atoms with van der Waals surface area (Å²) in [5, 5.41) is 16.2. The molecule has 1 amide bonds. The standard InChI is InChI=1S/C24H32F2N6.C23H26F2N8O/c1-17(2)14-24(7-11-32(12-8-24)16-19-5-4-9-29-22(19)26)30-15-18(3)23(27)31-20-6-10-28-21(25)13-20;1-15-10-16(20(25)30-12-15)14-33-8-4-23(3-6-26,5-9-33)31-13-18(22(28)34)21(27)32-17-2-7-29-19(24)11-17/h4-6,9-10,13,15,17,30H,7-8,11-12,14,16H2,1-3H3,(H2,27,28,31);2,7,10-13,31H,3-5,8-9,14H2,1H3,(H2,28,34)(H2,27,29,32)/b18-15-;18-13+. The maximum Gasteiger partial charge on any atom is 0.253 e. The monoisotopic (exact) mass is 910 g/mol. The lowest BCUT2D eigenvalue weighted by molar-refractivity contribution is -0.114. The number of amidine groups is 2. The highest BCUT2D eigenvalue weighted by Crippen LogP contribution is 2.31.